The maximum absolute atomic E-state index is 13.8. The maximum Gasteiger partial charge on any atom is 0.264 e. The van der Waals surface area contributed by atoms with E-state index in [-0.39, 0.29) is 0 Å². The average Bonchev–Trinajstić information content (AvgIpc) is 3.49. The minimum Gasteiger partial charge on any atom is -0.507 e. The summed E-state index contributed by atoms with van der Waals surface area (Å²) < 4.78 is 27.9. The van der Waals surface area contributed by atoms with Gasteiger partial charge in [-0.05, 0) is 32.1 Å². The molecule has 4 rings (SSSR count). The number of amides is 2. The van der Waals surface area contributed by atoms with Crippen molar-refractivity contribution in [3.63, 3.8) is 0 Å². The smallest absolute Gasteiger partial charge is 0.264 e. The van der Waals surface area contributed by atoms with Gasteiger partial charge in [0, 0.05) is 10.1 Å². The second kappa shape index (κ2) is 19.5. The highest BCUT2D eigenvalue weighted by Crippen LogP contribution is 2.35. The number of likely N-dealkylation sites (tertiary alicyclic amines) is 1. The molecule has 4 aliphatic heterocycles. The number of primary amides is 1. The van der Waals surface area contributed by atoms with Gasteiger partial charge < -0.3 is 65.2 Å². The van der Waals surface area contributed by atoms with E-state index in [1.165, 1.54) is 19.1 Å². The van der Waals surface area contributed by atoms with Gasteiger partial charge in [0.25, 0.3) is 5.91 Å². The highest BCUT2D eigenvalue weighted by atomic mass is 35.5. The lowest BCUT2D eigenvalue weighted by Gasteiger charge is -2.46. The van der Waals surface area contributed by atoms with E-state index in [4.69, 9.17) is 52.6 Å². The summed E-state index contributed by atoms with van der Waals surface area (Å²) in [6.45, 7) is 2.15. The van der Waals surface area contributed by atoms with Crippen LogP contribution in [0, 0.1) is 0 Å². The fourth-order valence-corrected chi connectivity index (χ4v) is 6.35. The first-order valence-electron chi connectivity index (χ1n) is 16.8. The van der Waals surface area contributed by atoms with E-state index in [0.29, 0.717) is 10.1 Å². The van der Waals surface area contributed by atoms with Crippen LogP contribution >= 0.6 is 23.2 Å². The van der Waals surface area contributed by atoms with Gasteiger partial charge in [0.05, 0.1) is 25.7 Å². The van der Waals surface area contributed by atoms with Gasteiger partial charge in [0.15, 0.2) is 24.6 Å². The summed E-state index contributed by atoms with van der Waals surface area (Å²) in [5.74, 6) is -3.88. The van der Waals surface area contributed by atoms with Crippen LogP contribution in [0.25, 0.3) is 0 Å². The van der Waals surface area contributed by atoms with Gasteiger partial charge in [-0.15, -0.1) is 0 Å². The Hall–Kier alpha value is -3.27. The second-order valence-corrected chi connectivity index (χ2v) is 13.8. The van der Waals surface area contributed by atoms with E-state index in [2.05, 4.69) is 0 Å². The number of aliphatic hydroxyl groups excluding tert-OH is 7. The van der Waals surface area contributed by atoms with E-state index in [1.54, 1.807) is 49.5 Å². The van der Waals surface area contributed by atoms with Crippen molar-refractivity contribution in [3.8, 4) is 0 Å². The molecular formula is C35H44Cl2N2O15. The number of nitrogens with two attached hydrogens (primary N) is 1. The Kier molecular flexibility index (Phi) is 15.7. The zero-order valence-corrected chi connectivity index (χ0v) is 30.6. The second-order valence-electron chi connectivity index (χ2n) is 12.8. The Balaban J connectivity index is 1.50. The Morgan fingerprint density at radius 2 is 1.50 bits per heavy atom. The molecule has 0 saturated carbocycles. The summed E-state index contributed by atoms with van der Waals surface area (Å²) in [7, 11) is 0. The topological polar surface area (TPSA) is 268 Å². The summed E-state index contributed by atoms with van der Waals surface area (Å²) in [6.07, 6.45) is -3.79. The lowest BCUT2D eigenvalue weighted by molar-refractivity contribution is -0.338. The first-order chi connectivity index (χ1) is 25.5. The van der Waals surface area contributed by atoms with Gasteiger partial charge in [-0.25, -0.2) is 0 Å². The van der Waals surface area contributed by atoms with E-state index in [0.717, 1.165) is 11.0 Å². The number of carbonyl (C=O) groups is 3. The van der Waals surface area contributed by atoms with Gasteiger partial charge >= 0.3 is 0 Å². The fourth-order valence-electron chi connectivity index (χ4n) is 5.94. The Morgan fingerprint density at radius 1 is 0.870 bits per heavy atom. The van der Waals surface area contributed by atoms with Crippen LogP contribution in [0.1, 0.15) is 20.3 Å². The van der Waals surface area contributed by atoms with Crippen LogP contribution in [0.3, 0.4) is 0 Å². The summed E-state index contributed by atoms with van der Waals surface area (Å²) in [4.78, 5) is 40.1. The predicted molar refractivity (Wildman–Crippen MR) is 189 cm³/mol. The molecule has 2 amide bonds. The van der Waals surface area contributed by atoms with Crippen molar-refractivity contribution in [2.45, 2.75) is 100 Å². The molecule has 17 nitrogen and oxygen atoms in total. The third-order valence-corrected chi connectivity index (χ3v) is 9.06. The molecule has 9 N–H and O–H groups in total. The quantitative estimate of drug-likeness (QED) is 0.0497. The normalized spacial score (nSPS) is 38.3. The van der Waals surface area contributed by atoms with Crippen molar-refractivity contribution in [2.75, 3.05) is 13.2 Å². The largest absolute Gasteiger partial charge is 0.507 e. The minimum atomic E-state index is -1.89. The molecule has 4 fully saturated rings. The van der Waals surface area contributed by atoms with Crippen molar-refractivity contribution >= 4 is 40.8 Å². The Bertz CT molecular complexity index is 1590. The molecule has 19 heteroatoms. The van der Waals surface area contributed by atoms with Gasteiger partial charge in [-0.2, -0.15) is 0 Å². The van der Waals surface area contributed by atoms with Crippen molar-refractivity contribution < 1.29 is 73.8 Å². The summed E-state index contributed by atoms with van der Waals surface area (Å²) >= 11 is 11.7. The first-order valence-corrected chi connectivity index (χ1v) is 17.5. The number of allylic oxidation sites excluding steroid dienone is 12. The molecule has 0 aromatic carbocycles. The number of carbonyl (C=O) groups excluding carboxylic acids is 3. The first kappa shape index (κ1) is 43.5. The van der Waals surface area contributed by atoms with Crippen molar-refractivity contribution in [2.24, 2.45) is 5.73 Å². The highest BCUT2D eigenvalue weighted by molar-refractivity contribution is 6.34. The summed E-state index contributed by atoms with van der Waals surface area (Å²) in [5.41, 5.74) is 4.67. The summed E-state index contributed by atoms with van der Waals surface area (Å²) in [5, 5.41) is 75.0. The van der Waals surface area contributed by atoms with Crippen LogP contribution in [-0.2, 0) is 38.1 Å². The zero-order valence-electron chi connectivity index (χ0n) is 29.1. The number of hydrogen-bond donors (Lipinski definition) is 8. The zero-order chi connectivity index (χ0) is 39.9. The molecule has 4 heterocycles. The number of aliphatic hydroxyl groups is 7. The molecule has 298 valence electrons. The molecule has 0 spiro atoms. The van der Waals surface area contributed by atoms with Gasteiger partial charge in [-0.3, -0.25) is 19.3 Å². The Morgan fingerprint density at radius 3 is 2.11 bits per heavy atom. The number of ketones is 1. The lowest BCUT2D eigenvalue weighted by Crippen LogP contribution is -2.65. The third kappa shape index (κ3) is 10.5. The fraction of sp³-hybridized carbons (Fsp3) is 0.514. The molecule has 13 atom stereocenters. The average molecular weight is 804 g/mol. The lowest BCUT2D eigenvalue weighted by atomic mass is 10.0. The van der Waals surface area contributed by atoms with Crippen LogP contribution in [0.5, 0.6) is 0 Å². The van der Waals surface area contributed by atoms with Crippen LogP contribution in [-0.4, -0.2) is 151 Å². The standard InChI is InChI=1S/C35H44Cl2N2O15/c1-16(36)12-18(37)10-8-6-4-3-5-7-9-11-20(40)24-26(44)19(13-23(38)42)39(32(24)49)33-31(27(45)21(41)14-50-33)54-34-30(48)28(46)22(15-51-34)53-35-29(47)25(43)17(2)52-35/h3-12,17,19,21-22,25,27-31,33-35,40-41,43,45-48H,13-15H2,1-2H3,(H2,38,42)/b4-3+,7-5+,8-6+,11-9+,16-12+,18-10-,24-20-/t17-,19+,21-,22-,25-,27+,28-,29+,30+,31-,33-,34+,35+/m1/s1. The number of nitrogens with zero attached hydrogens (tertiary/aromatic N) is 1. The molecule has 0 aromatic heterocycles. The third-order valence-electron chi connectivity index (χ3n) is 8.71. The number of ether oxygens (including phenoxy) is 5. The van der Waals surface area contributed by atoms with E-state index >= 15 is 0 Å². The highest BCUT2D eigenvalue weighted by Gasteiger charge is 2.56. The molecule has 0 unspecified atom stereocenters. The van der Waals surface area contributed by atoms with Crippen molar-refractivity contribution in [3.05, 3.63) is 82.2 Å². The van der Waals surface area contributed by atoms with Crippen molar-refractivity contribution in [1.82, 2.24) is 4.90 Å². The number of rotatable bonds is 13. The van der Waals surface area contributed by atoms with Crippen LogP contribution in [0.15, 0.2) is 82.2 Å². The van der Waals surface area contributed by atoms with Gasteiger partial charge in [0.2, 0.25) is 5.91 Å². The molecule has 4 aliphatic rings. The molecule has 0 aliphatic carbocycles. The number of halogens is 2. The Labute approximate surface area is 320 Å². The van der Waals surface area contributed by atoms with Crippen LogP contribution in [0.2, 0.25) is 0 Å². The molecule has 0 radical (unpaired) electrons. The van der Waals surface area contributed by atoms with Crippen molar-refractivity contribution in [1.29, 1.82) is 0 Å². The number of Topliss-reactive ketones (excluding diaryl/α,β-unsaturated/α-hetero) is 1. The molecular weight excluding hydrogens is 759 g/mol. The molecule has 54 heavy (non-hydrogen) atoms. The SMILES string of the molecule is C\C(Cl)=C/C(Cl)=C/C=C/C=C/C=C/C=C/C(O)=C1\C(=O)[C@H](CC(N)=O)N([C@@H]2OC[C@@H](O)[C@H](O)[C@H]2O[C@@H]2OC[C@@H](O[C@@H]3O[C@H](C)[C@@H](O)[C@@H]3O)[C@@H](O)[C@@H]2O)C1=O. The molecule has 0 bridgehead atoms. The molecule has 0 aromatic rings. The van der Waals surface area contributed by atoms with Crippen LogP contribution < -0.4 is 5.73 Å². The minimum absolute atomic E-state index is 0.431. The van der Waals surface area contributed by atoms with Gasteiger partial charge in [-0.1, -0.05) is 65.7 Å². The van der Waals surface area contributed by atoms with E-state index in [9.17, 15) is 50.1 Å². The predicted octanol–water partition coefficient (Wildman–Crippen LogP) is -0.663. The van der Waals surface area contributed by atoms with E-state index < -0.39 is 128 Å². The monoisotopic (exact) mass is 802 g/mol. The van der Waals surface area contributed by atoms with Gasteiger partial charge in [0.1, 0.15) is 66.2 Å². The van der Waals surface area contributed by atoms with Crippen LogP contribution in [0.4, 0.5) is 0 Å². The maximum atomic E-state index is 13.8. The summed E-state index contributed by atoms with van der Waals surface area (Å²) in [6, 6.07) is -1.63. The van der Waals surface area contributed by atoms with E-state index in [1.807, 2.05) is 0 Å². The molecule has 4 saturated heterocycles. The number of hydrogen-bond acceptors (Lipinski definition) is 15.